The van der Waals surface area contributed by atoms with Gasteiger partial charge in [0.1, 0.15) is 0 Å². The van der Waals surface area contributed by atoms with Gasteiger partial charge in [0.25, 0.3) is 0 Å². The van der Waals surface area contributed by atoms with Gasteiger partial charge in [-0.2, -0.15) is 0 Å². The molecule has 2 rings (SSSR count). The van der Waals surface area contributed by atoms with E-state index in [2.05, 4.69) is 59.1 Å². The summed E-state index contributed by atoms with van der Waals surface area (Å²) in [5.74, 6) is 0. The maximum Gasteiger partial charge on any atom is 0.0715 e. The van der Waals surface area contributed by atoms with E-state index in [0.717, 1.165) is 0 Å². The van der Waals surface area contributed by atoms with Crippen LogP contribution in [0.15, 0.2) is 30.5 Å². The third-order valence-corrected chi connectivity index (χ3v) is 2.60. The molecule has 1 aromatic carbocycles. The molecule has 0 saturated heterocycles. The SMILES string of the molecule is CN(C)c1cccc2c1ccn2N(C)C. The number of nitrogens with zero attached hydrogens (tertiary/aromatic N) is 3. The zero-order valence-corrected chi connectivity index (χ0v) is 9.73. The van der Waals surface area contributed by atoms with Gasteiger partial charge in [-0.1, -0.05) is 6.07 Å². The molecule has 80 valence electrons. The molecule has 15 heavy (non-hydrogen) atoms. The van der Waals surface area contributed by atoms with Crippen molar-refractivity contribution in [2.45, 2.75) is 0 Å². The number of rotatable bonds is 2. The van der Waals surface area contributed by atoms with Crippen LogP contribution in [0.3, 0.4) is 0 Å². The minimum atomic E-state index is 1.24. The first-order valence-corrected chi connectivity index (χ1v) is 5.06. The summed E-state index contributed by atoms with van der Waals surface area (Å²) in [5, 5.41) is 3.36. The summed E-state index contributed by atoms with van der Waals surface area (Å²) in [6.07, 6.45) is 2.09. The fourth-order valence-corrected chi connectivity index (χ4v) is 1.88. The van der Waals surface area contributed by atoms with Gasteiger partial charge in [0, 0.05) is 45.5 Å². The van der Waals surface area contributed by atoms with Crippen molar-refractivity contribution in [3.05, 3.63) is 30.5 Å². The van der Waals surface area contributed by atoms with Crippen molar-refractivity contribution in [2.75, 3.05) is 38.1 Å². The van der Waals surface area contributed by atoms with E-state index in [1.54, 1.807) is 0 Å². The molecule has 0 bridgehead atoms. The predicted octanol–water partition coefficient (Wildman–Crippen LogP) is 1.90. The van der Waals surface area contributed by atoms with Crippen LogP contribution in [-0.4, -0.2) is 32.9 Å². The molecule has 0 spiro atoms. The first-order chi connectivity index (χ1) is 7.11. The zero-order valence-electron chi connectivity index (χ0n) is 9.73. The molecule has 0 aliphatic carbocycles. The number of fused-ring (bicyclic) bond motifs is 1. The van der Waals surface area contributed by atoms with Gasteiger partial charge in [0.05, 0.1) is 5.52 Å². The Labute approximate surface area is 90.5 Å². The summed E-state index contributed by atoms with van der Waals surface area (Å²) in [4.78, 5) is 2.14. The van der Waals surface area contributed by atoms with Crippen LogP contribution >= 0.6 is 0 Å². The van der Waals surface area contributed by atoms with Crippen molar-refractivity contribution in [3.8, 4) is 0 Å². The predicted molar refractivity (Wildman–Crippen MR) is 66.3 cm³/mol. The lowest BCUT2D eigenvalue weighted by Crippen LogP contribution is -2.23. The van der Waals surface area contributed by atoms with Crippen molar-refractivity contribution in [1.29, 1.82) is 0 Å². The molecule has 0 aliphatic heterocycles. The number of hydrogen-bond donors (Lipinski definition) is 0. The van der Waals surface area contributed by atoms with E-state index < -0.39 is 0 Å². The van der Waals surface area contributed by atoms with Crippen LogP contribution in [0.2, 0.25) is 0 Å². The van der Waals surface area contributed by atoms with E-state index in [1.807, 2.05) is 14.1 Å². The maximum atomic E-state index is 2.16. The van der Waals surface area contributed by atoms with E-state index in [0.29, 0.717) is 0 Å². The second-order valence-electron chi connectivity index (χ2n) is 4.11. The largest absolute Gasteiger partial charge is 0.377 e. The molecule has 0 atom stereocenters. The molecule has 0 amide bonds. The van der Waals surface area contributed by atoms with Gasteiger partial charge < -0.3 is 9.91 Å². The lowest BCUT2D eigenvalue weighted by Gasteiger charge is -2.17. The highest BCUT2D eigenvalue weighted by Crippen LogP contribution is 2.26. The minimum Gasteiger partial charge on any atom is -0.377 e. The third-order valence-electron chi connectivity index (χ3n) is 2.60. The molecule has 3 nitrogen and oxygen atoms in total. The Morgan fingerprint density at radius 2 is 1.73 bits per heavy atom. The molecule has 3 heteroatoms. The van der Waals surface area contributed by atoms with Gasteiger partial charge in [-0.15, -0.1) is 0 Å². The minimum absolute atomic E-state index is 1.24. The fraction of sp³-hybridized carbons (Fsp3) is 0.333. The summed E-state index contributed by atoms with van der Waals surface area (Å²) in [6, 6.07) is 8.53. The Hall–Kier alpha value is -1.64. The molecular weight excluding hydrogens is 186 g/mol. The maximum absolute atomic E-state index is 2.16. The van der Waals surface area contributed by atoms with Crippen LogP contribution in [-0.2, 0) is 0 Å². The molecule has 0 N–H and O–H groups in total. The molecule has 0 fully saturated rings. The monoisotopic (exact) mass is 203 g/mol. The first kappa shape index (κ1) is 9.90. The van der Waals surface area contributed by atoms with Crippen LogP contribution in [0.5, 0.6) is 0 Å². The molecule has 1 aromatic heterocycles. The van der Waals surface area contributed by atoms with Gasteiger partial charge in [-0.05, 0) is 18.2 Å². The van der Waals surface area contributed by atoms with Gasteiger partial charge in [0.2, 0.25) is 0 Å². The highest BCUT2D eigenvalue weighted by molar-refractivity contribution is 5.92. The normalized spacial score (nSPS) is 10.7. The summed E-state index contributed by atoms with van der Waals surface area (Å²) < 4.78 is 2.14. The average Bonchev–Trinajstić information content (AvgIpc) is 2.59. The Morgan fingerprint density at radius 1 is 1.00 bits per heavy atom. The third kappa shape index (κ3) is 1.54. The van der Waals surface area contributed by atoms with Gasteiger partial charge in [0.15, 0.2) is 0 Å². The molecular formula is C12H17N3. The molecule has 0 unspecified atom stereocenters. The summed E-state index contributed by atoms with van der Waals surface area (Å²) >= 11 is 0. The lowest BCUT2D eigenvalue weighted by molar-refractivity contribution is 0.762. The summed E-state index contributed by atoms with van der Waals surface area (Å²) in [7, 11) is 8.23. The number of benzene rings is 1. The Bertz CT molecular complexity index is 469. The fourth-order valence-electron chi connectivity index (χ4n) is 1.88. The van der Waals surface area contributed by atoms with Gasteiger partial charge in [-0.3, -0.25) is 4.68 Å². The molecule has 2 aromatic rings. The molecule has 0 saturated carbocycles. The molecule has 0 aliphatic rings. The van der Waals surface area contributed by atoms with E-state index in [4.69, 9.17) is 0 Å². The quantitative estimate of drug-likeness (QED) is 0.738. The lowest BCUT2D eigenvalue weighted by atomic mass is 10.2. The Morgan fingerprint density at radius 3 is 2.33 bits per heavy atom. The van der Waals surface area contributed by atoms with Crippen molar-refractivity contribution < 1.29 is 0 Å². The molecule has 1 heterocycles. The summed E-state index contributed by atoms with van der Waals surface area (Å²) in [5.41, 5.74) is 2.50. The smallest absolute Gasteiger partial charge is 0.0715 e. The van der Waals surface area contributed by atoms with Crippen LogP contribution in [0.1, 0.15) is 0 Å². The highest BCUT2D eigenvalue weighted by Gasteiger charge is 2.07. The number of hydrogen-bond acceptors (Lipinski definition) is 2. The van der Waals surface area contributed by atoms with Crippen LogP contribution in [0.25, 0.3) is 10.9 Å². The van der Waals surface area contributed by atoms with E-state index in [1.165, 1.54) is 16.6 Å². The first-order valence-electron chi connectivity index (χ1n) is 5.06. The van der Waals surface area contributed by atoms with Crippen LogP contribution < -0.4 is 9.91 Å². The highest BCUT2D eigenvalue weighted by atomic mass is 15.5. The van der Waals surface area contributed by atoms with Gasteiger partial charge in [-0.25, -0.2) is 0 Å². The van der Waals surface area contributed by atoms with E-state index in [-0.39, 0.29) is 0 Å². The average molecular weight is 203 g/mol. The van der Waals surface area contributed by atoms with E-state index in [9.17, 15) is 0 Å². The molecule has 0 radical (unpaired) electrons. The van der Waals surface area contributed by atoms with Crippen LogP contribution in [0, 0.1) is 0 Å². The Kier molecular flexibility index (Phi) is 2.31. The van der Waals surface area contributed by atoms with Crippen molar-refractivity contribution in [1.82, 2.24) is 4.68 Å². The summed E-state index contributed by atoms with van der Waals surface area (Å²) in [6.45, 7) is 0. The second kappa shape index (κ2) is 3.50. The van der Waals surface area contributed by atoms with Crippen molar-refractivity contribution in [3.63, 3.8) is 0 Å². The van der Waals surface area contributed by atoms with Crippen molar-refractivity contribution in [2.24, 2.45) is 0 Å². The number of anilines is 1. The zero-order chi connectivity index (χ0) is 11.0. The van der Waals surface area contributed by atoms with Crippen molar-refractivity contribution >= 4 is 16.6 Å². The van der Waals surface area contributed by atoms with Crippen LogP contribution in [0.4, 0.5) is 5.69 Å². The number of aromatic nitrogens is 1. The van der Waals surface area contributed by atoms with E-state index >= 15 is 0 Å². The standard InChI is InChI=1S/C12H17N3/c1-13(2)11-6-5-7-12-10(11)8-9-15(12)14(3)4/h5-9H,1-4H3. The topological polar surface area (TPSA) is 11.4 Å². The van der Waals surface area contributed by atoms with Gasteiger partial charge >= 0.3 is 0 Å². The second-order valence-corrected chi connectivity index (χ2v) is 4.11. The Balaban J connectivity index is 2.69.